The van der Waals surface area contributed by atoms with Crippen LogP contribution in [0.3, 0.4) is 0 Å². The Hall–Kier alpha value is -2.11. The molecule has 146 valence electrons. The number of hydrogen-bond acceptors (Lipinski definition) is 3. The summed E-state index contributed by atoms with van der Waals surface area (Å²) in [6, 6.07) is 6.85. The summed E-state index contributed by atoms with van der Waals surface area (Å²) in [5.41, 5.74) is 0.989. The fourth-order valence-electron chi connectivity index (χ4n) is 4.74. The number of anilines is 1. The van der Waals surface area contributed by atoms with Crippen molar-refractivity contribution in [2.45, 2.75) is 44.6 Å². The van der Waals surface area contributed by atoms with Gasteiger partial charge in [-0.2, -0.15) is 0 Å². The maximum atomic E-state index is 13.1. The number of hydrogen-bond donors (Lipinski definition) is 0. The molecule has 6 heteroatoms. The number of piperazine rings is 1. The Bertz CT molecular complexity index is 679. The van der Waals surface area contributed by atoms with Gasteiger partial charge in [0.1, 0.15) is 5.82 Å². The van der Waals surface area contributed by atoms with Gasteiger partial charge in [0.25, 0.3) is 0 Å². The smallest absolute Gasteiger partial charge is 0.228 e. The van der Waals surface area contributed by atoms with Crippen LogP contribution in [0.2, 0.25) is 0 Å². The Morgan fingerprint density at radius 3 is 2.30 bits per heavy atom. The maximum absolute atomic E-state index is 13.1. The highest BCUT2D eigenvalue weighted by atomic mass is 19.1. The topological polar surface area (TPSA) is 43.9 Å². The zero-order valence-electron chi connectivity index (χ0n) is 15.8. The second-order valence-corrected chi connectivity index (χ2v) is 8.03. The fraction of sp³-hybridized carbons (Fsp3) is 0.619. The molecule has 0 bridgehead atoms. The molecule has 1 aromatic rings. The maximum Gasteiger partial charge on any atom is 0.228 e. The summed E-state index contributed by atoms with van der Waals surface area (Å²) >= 11 is 0. The largest absolute Gasteiger partial charge is 0.368 e. The summed E-state index contributed by atoms with van der Waals surface area (Å²) in [6.07, 6.45) is 6.19. The number of carbonyl (C=O) groups excluding carboxylic acids is 2. The van der Waals surface area contributed by atoms with Gasteiger partial charge < -0.3 is 14.7 Å². The third kappa shape index (κ3) is 3.94. The summed E-state index contributed by atoms with van der Waals surface area (Å²) in [7, 11) is 0. The molecule has 1 aliphatic carbocycles. The molecule has 1 aromatic carbocycles. The Labute approximate surface area is 160 Å². The first-order chi connectivity index (χ1) is 13.1. The van der Waals surface area contributed by atoms with Crippen molar-refractivity contribution in [1.29, 1.82) is 0 Å². The summed E-state index contributed by atoms with van der Waals surface area (Å²) in [6.45, 7) is 3.39. The Morgan fingerprint density at radius 2 is 1.63 bits per heavy atom. The first-order valence-electron chi connectivity index (χ1n) is 10.2. The van der Waals surface area contributed by atoms with Crippen LogP contribution < -0.4 is 4.90 Å². The molecule has 2 saturated heterocycles. The number of benzene rings is 1. The lowest BCUT2D eigenvalue weighted by Gasteiger charge is -2.37. The fourth-order valence-corrected chi connectivity index (χ4v) is 4.74. The van der Waals surface area contributed by atoms with E-state index >= 15 is 0 Å². The van der Waals surface area contributed by atoms with Gasteiger partial charge in [0.05, 0.1) is 5.92 Å². The highest BCUT2D eigenvalue weighted by molar-refractivity contribution is 5.89. The minimum atomic E-state index is -0.235. The summed E-state index contributed by atoms with van der Waals surface area (Å²) < 4.78 is 13.1. The second kappa shape index (κ2) is 7.87. The molecule has 2 aliphatic heterocycles. The van der Waals surface area contributed by atoms with Gasteiger partial charge in [0.15, 0.2) is 0 Å². The zero-order valence-corrected chi connectivity index (χ0v) is 15.8. The predicted molar refractivity (Wildman–Crippen MR) is 102 cm³/mol. The third-order valence-electron chi connectivity index (χ3n) is 6.31. The van der Waals surface area contributed by atoms with Crippen LogP contribution in [0.4, 0.5) is 10.1 Å². The number of rotatable bonds is 3. The molecule has 0 spiro atoms. The summed E-state index contributed by atoms with van der Waals surface area (Å²) in [5.74, 6) is -0.136. The third-order valence-corrected chi connectivity index (χ3v) is 6.31. The molecule has 0 N–H and O–H groups in total. The van der Waals surface area contributed by atoms with Gasteiger partial charge in [-0.15, -0.1) is 0 Å². The molecule has 0 radical (unpaired) electrons. The molecule has 1 atom stereocenters. The highest BCUT2D eigenvalue weighted by Crippen LogP contribution is 2.29. The molecular formula is C21H28FN3O2. The predicted octanol–water partition coefficient (Wildman–Crippen LogP) is 2.66. The SMILES string of the molecule is O=C([C@@H]1CC(=O)N(C2CCCCC2)C1)N1CCN(c2ccc(F)cc2)CC1. The second-order valence-electron chi connectivity index (χ2n) is 8.03. The van der Waals surface area contributed by atoms with Crippen molar-refractivity contribution >= 4 is 17.5 Å². The minimum absolute atomic E-state index is 0.125. The monoisotopic (exact) mass is 373 g/mol. The van der Waals surface area contributed by atoms with Crippen molar-refractivity contribution in [2.75, 3.05) is 37.6 Å². The number of likely N-dealkylation sites (tertiary alicyclic amines) is 1. The van der Waals surface area contributed by atoms with E-state index in [2.05, 4.69) is 4.90 Å². The van der Waals surface area contributed by atoms with Crippen molar-refractivity contribution < 1.29 is 14.0 Å². The number of halogens is 1. The quantitative estimate of drug-likeness (QED) is 0.818. The van der Waals surface area contributed by atoms with Gasteiger partial charge in [-0.1, -0.05) is 19.3 Å². The van der Waals surface area contributed by atoms with E-state index in [4.69, 9.17) is 0 Å². The van der Waals surface area contributed by atoms with Gasteiger partial charge in [0, 0.05) is 50.9 Å². The van der Waals surface area contributed by atoms with Crippen LogP contribution in [0.15, 0.2) is 24.3 Å². The Kier molecular flexibility index (Phi) is 5.32. The van der Waals surface area contributed by atoms with Gasteiger partial charge in [-0.05, 0) is 37.1 Å². The minimum Gasteiger partial charge on any atom is -0.368 e. The van der Waals surface area contributed by atoms with Crippen molar-refractivity contribution in [3.63, 3.8) is 0 Å². The van der Waals surface area contributed by atoms with Crippen LogP contribution in [0, 0.1) is 11.7 Å². The van der Waals surface area contributed by atoms with Crippen LogP contribution in [0.1, 0.15) is 38.5 Å². The van der Waals surface area contributed by atoms with E-state index in [-0.39, 0.29) is 23.5 Å². The van der Waals surface area contributed by atoms with Crippen molar-refractivity contribution in [3.8, 4) is 0 Å². The van der Waals surface area contributed by atoms with Crippen molar-refractivity contribution in [2.24, 2.45) is 5.92 Å². The Balaban J connectivity index is 1.31. The molecule has 2 heterocycles. The molecule has 1 saturated carbocycles. The van der Waals surface area contributed by atoms with Crippen LogP contribution in [0.5, 0.6) is 0 Å². The average Bonchev–Trinajstić information content (AvgIpc) is 3.10. The first kappa shape index (κ1) is 18.3. The molecule has 3 aliphatic rings. The van der Waals surface area contributed by atoms with Gasteiger partial charge in [0.2, 0.25) is 11.8 Å². The lowest BCUT2D eigenvalue weighted by atomic mass is 9.94. The molecule has 4 rings (SSSR count). The van der Waals surface area contributed by atoms with Crippen LogP contribution in [0.25, 0.3) is 0 Å². The van der Waals surface area contributed by atoms with E-state index in [9.17, 15) is 14.0 Å². The zero-order chi connectivity index (χ0) is 18.8. The van der Waals surface area contributed by atoms with E-state index < -0.39 is 0 Å². The van der Waals surface area contributed by atoms with E-state index in [1.54, 1.807) is 12.1 Å². The van der Waals surface area contributed by atoms with E-state index in [0.29, 0.717) is 32.1 Å². The highest BCUT2D eigenvalue weighted by Gasteiger charge is 2.40. The molecule has 0 unspecified atom stereocenters. The molecule has 27 heavy (non-hydrogen) atoms. The molecule has 2 amide bonds. The number of nitrogens with zero attached hydrogens (tertiary/aromatic N) is 3. The van der Waals surface area contributed by atoms with Crippen molar-refractivity contribution in [1.82, 2.24) is 9.80 Å². The lowest BCUT2D eigenvalue weighted by molar-refractivity contribution is -0.136. The number of amides is 2. The standard InChI is InChI=1S/C21H28FN3O2/c22-17-6-8-18(9-7-17)23-10-12-24(13-11-23)21(27)16-14-20(26)25(15-16)19-4-2-1-3-5-19/h6-9,16,19H,1-5,10-15H2/t16-/m1/s1. The Morgan fingerprint density at radius 1 is 0.963 bits per heavy atom. The average molecular weight is 373 g/mol. The van der Waals surface area contributed by atoms with Crippen LogP contribution in [-0.2, 0) is 9.59 Å². The van der Waals surface area contributed by atoms with Crippen molar-refractivity contribution in [3.05, 3.63) is 30.1 Å². The molecular weight excluding hydrogens is 345 g/mol. The number of carbonyl (C=O) groups is 2. The van der Waals surface area contributed by atoms with Gasteiger partial charge in [-0.3, -0.25) is 9.59 Å². The molecule has 5 nitrogen and oxygen atoms in total. The van der Waals surface area contributed by atoms with Gasteiger partial charge >= 0.3 is 0 Å². The summed E-state index contributed by atoms with van der Waals surface area (Å²) in [5, 5.41) is 0. The molecule has 0 aromatic heterocycles. The van der Waals surface area contributed by atoms with E-state index in [1.165, 1.54) is 31.4 Å². The van der Waals surface area contributed by atoms with E-state index in [1.807, 2.05) is 9.80 Å². The van der Waals surface area contributed by atoms with E-state index in [0.717, 1.165) is 31.6 Å². The lowest BCUT2D eigenvalue weighted by Crippen LogP contribution is -2.50. The summed E-state index contributed by atoms with van der Waals surface area (Å²) in [4.78, 5) is 31.5. The molecule has 3 fully saturated rings. The normalized spacial score (nSPS) is 24.6. The van der Waals surface area contributed by atoms with Crippen LogP contribution >= 0.6 is 0 Å². The first-order valence-corrected chi connectivity index (χ1v) is 10.2. The van der Waals surface area contributed by atoms with Gasteiger partial charge in [-0.25, -0.2) is 4.39 Å². The van der Waals surface area contributed by atoms with Crippen LogP contribution in [-0.4, -0.2) is 60.4 Å².